The van der Waals surface area contributed by atoms with E-state index in [0.717, 1.165) is 13.1 Å². The van der Waals surface area contributed by atoms with Crippen LogP contribution in [0.4, 0.5) is 0 Å². The van der Waals surface area contributed by atoms with Crippen LogP contribution in [0, 0.1) is 0 Å². The van der Waals surface area contributed by atoms with Crippen molar-refractivity contribution in [2.24, 2.45) is 0 Å². The Bertz CT molecular complexity index is 139. The molecule has 1 heterocycles. The second kappa shape index (κ2) is 5.14. The predicted octanol–water partition coefficient (Wildman–Crippen LogP) is 0.608. The smallest absolute Gasteiger partial charge is 0.236 e. The molecule has 1 saturated heterocycles. The summed E-state index contributed by atoms with van der Waals surface area (Å²) in [6, 6.07) is 0. The van der Waals surface area contributed by atoms with E-state index in [0.29, 0.717) is 6.54 Å². The molecule has 0 aromatic carbocycles. The van der Waals surface area contributed by atoms with Crippen molar-refractivity contribution in [3.8, 4) is 0 Å². The van der Waals surface area contributed by atoms with Crippen LogP contribution in [-0.2, 0) is 4.79 Å². The summed E-state index contributed by atoms with van der Waals surface area (Å²) < 4.78 is 0. The molecule has 1 N–H and O–H groups in total. The Balaban J connectivity index is 2.32. The molecule has 0 aromatic rings. The van der Waals surface area contributed by atoms with E-state index in [1.54, 1.807) is 0 Å². The average Bonchev–Trinajstić information content (AvgIpc) is 2.32. The summed E-state index contributed by atoms with van der Waals surface area (Å²) in [4.78, 5) is 13.4. The molecule has 0 bridgehead atoms. The molecule has 1 amide bonds. The van der Waals surface area contributed by atoms with Crippen molar-refractivity contribution in [3.63, 3.8) is 0 Å². The number of nitrogens with zero attached hydrogens (tertiary/aromatic N) is 1. The number of amides is 1. The fourth-order valence-electron chi connectivity index (χ4n) is 1.58. The molecule has 1 aliphatic rings. The second-order valence-electron chi connectivity index (χ2n) is 3.33. The Morgan fingerprint density at radius 3 is 2.33 bits per heavy atom. The van der Waals surface area contributed by atoms with E-state index in [-0.39, 0.29) is 5.91 Å². The van der Waals surface area contributed by atoms with Crippen molar-refractivity contribution in [3.05, 3.63) is 0 Å². The first-order valence-corrected chi connectivity index (χ1v) is 4.77. The predicted molar refractivity (Wildman–Crippen MR) is 49.0 cm³/mol. The van der Waals surface area contributed by atoms with E-state index in [9.17, 15) is 4.79 Å². The molecular weight excluding hydrogens is 152 g/mol. The van der Waals surface area contributed by atoms with E-state index in [1.807, 2.05) is 11.9 Å². The Hall–Kier alpha value is -0.570. The number of carbonyl (C=O) groups excluding carboxylic acids is 1. The molecule has 3 heteroatoms. The van der Waals surface area contributed by atoms with Crippen LogP contribution in [-0.4, -0.2) is 37.5 Å². The summed E-state index contributed by atoms with van der Waals surface area (Å²) in [5, 5.41) is 2.89. The Kier molecular flexibility index (Phi) is 4.08. The number of carbonyl (C=O) groups is 1. The summed E-state index contributed by atoms with van der Waals surface area (Å²) in [5.74, 6) is 0.249. The van der Waals surface area contributed by atoms with Crippen LogP contribution in [0.25, 0.3) is 0 Å². The first-order chi connectivity index (χ1) is 5.84. The fraction of sp³-hybridized carbons (Fsp3) is 0.889. The van der Waals surface area contributed by atoms with Gasteiger partial charge in [-0.1, -0.05) is 12.8 Å². The minimum absolute atomic E-state index is 0.249. The highest BCUT2D eigenvalue weighted by molar-refractivity contribution is 5.78. The zero-order valence-corrected chi connectivity index (χ0v) is 7.81. The van der Waals surface area contributed by atoms with Crippen LogP contribution in [0.15, 0.2) is 0 Å². The maximum Gasteiger partial charge on any atom is 0.236 e. The van der Waals surface area contributed by atoms with Gasteiger partial charge in [-0.05, 0) is 19.9 Å². The zero-order chi connectivity index (χ0) is 8.81. The molecular formula is C9H18N2O. The highest BCUT2D eigenvalue weighted by Crippen LogP contribution is 2.09. The van der Waals surface area contributed by atoms with Gasteiger partial charge in [0.2, 0.25) is 5.91 Å². The third kappa shape index (κ3) is 2.81. The van der Waals surface area contributed by atoms with Gasteiger partial charge in [-0.25, -0.2) is 0 Å². The maximum atomic E-state index is 11.4. The van der Waals surface area contributed by atoms with Gasteiger partial charge in [0, 0.05) is 13.1 Å². The minimum atomic E-state index is 0.249. The average molecular weight is 170 g/mol. The number of likely N-dealkylation sites (tertiary alicyclic amines) is 1. The lowest BCUT2D eigenvalue weighted by Gasteiger charge is -2.19. The van der Waals surface area contributed by atoms with Crippen molar-refractivity contribution < 1.29 is 4.79 Å². The van der Waals surface area contributed by atoms with E-state index < -0.39 is 0 Å². The highest BCUT2D eigenvalue weighted by atomic mass is 16.2. The van der Waals surface area contributed by atoms with E-state index in [1.165, 1.54) is 25.7 Å². The number of likely N-dealkylation sites (N-methyl/N-ethyl adjacent to an activating group) is 1. The summed E-state index contributed by atoms with van der Waals surface area (Å²) in [6.07, 6.45) is 4.91. The van der Waals surface area contributed by atoms with Crippen LogP contribution in [0.1, 0.15) is 25.7 Å². The molecule has 0 aromatic heterocycles. The molecule has 0 saturated carbocycles. The third-order valence-electron chi connectivity index (χ3n) is 2.29. The lowest BCUT2D eigenvalue weighted by molar-refractivity contribution is -0.130. The first-order valence-electron chi connectivity index (χ1n) is 4.77. The number of nitrogens with one attached hydrogen (secondary N) is 1. The Morgan fingerprint density at radius 2 is 1.83 bits per heavy atom. The molecule has 0 unspecified atom stereocenters. The summed E-state index contributed by atoms with van der Waals surface area (Å²) in [5.41, 5.74) is 0. The number of hydrogen-bond donors (Lipinski definition) is 1. The van der Waals surface area contributed by atoms with Gasteiger partial charge in [-0.2, -0.15) is 0 Å². The second-order valence-corrected chi connectivity index (χ2v) is 3.33. The zero-order valence-electron chi connectivity index (χ0n) is 7.81. The van der Waals surface area contributed by atoms with Crippen molar-refractivity contribution >= 4 is 5.91 Å². The van der Waals surface area contributed by atoms with Crippen molar-refractivity contribution in [2.45, 2.75) is 25.7 Å². The molecule has 0 spiro atoms. The van der Waals surface area contributed by atoms with Crippen molar-refractivity contribution in [1.82, 2.24) is 10.2 Å². The molecule has 3 nitrogen and oxygen atoms in total. The van der Waals surface area contributed by atoms with Crippen LogP contribution in [0.5, 0.6) is 0 Å². The van der Waals surface area contributed by atoms with Gasteiger partial charge < -0.3 is 10.2 Å². The van der Waals surface area contributed by atoms with Gasteiger partial charge in [-0.3, -0.25) is 4.79 Å². The lowest BCUT2D eigenvalue weighted by atomic mass is 10.2. The van der Waals surface area contributed by atoms with Gasteiger partial charge in [0.25, 0.3) is 0 Å². The Labute approximate surface area is 74.1 Å². The molecule has 0 atom stereocenters. The minimum Gasteiger partial charge on any atom is -0.342 e. The molecule has 1 aliphatic heterocycles. The van der Waals surface area contributed by atoms with Gasteiger partial charge in [0.1, 0.15) is 0 Å². The molecule has 1 fully saturated rings. The quantitative estimate of drug-likeness (QED) is 0.658. The highest BCUT2D eigenvalue weighted by Gasteiger charge is 2.13. The Morgan fingerprint density at radius 1 is 1.25 bits per heavy atom. The summed E-state index contributed by atoms with van der Waals surface area (Å²) in [7, 11) is 1.82. The molecule has 0 radical (unpaired) electrons. The largest absolute Gasteiger partial charge is 0.342 e. The standard InChI is InChI=1S/C9H18N2O/c1-10-8-9(12)11-6-4-2-3-5-7-11/h10H,2-8H2,1H3. The van der Waals surface area contributed by atoms with E-state index >= 15 is 0 Å². The topological polar surface area (TPSA) is 32.3 Å². The summed E-state index contributed by atoms with van der Waals surface area (Å²) >= 11 is 0. The van der Waals surface area contributed by atoms with E-state index in [4.69, 9.17) is 0 Å². The first kappa shape index (κ1) is 9.52. The third-order valence-corrected chi connectivity index (χ3v) is 2.29. The van der Waals surface area contributed by atoms with Crippen LogP contribution in [0.3, 0.4) is 0 Å². The fourth-order valence-corrected chi connectivity index (χ4v) is 1.58. The molecule has 70 valence electrons. The van der Waals surface area contributed by atoms with Crippen LogP contribution < -0.4 is 5.32 Å². The SMILES string of the molecule is CNCC(=O)N1CCCCCC1. The van der Waals surface area contributed by atoms with Gasteiger partial charge in [-0.15, -0.1) is 0 Å². The normalized spacial score (nSPS) is 18.9. The molecule has 1 rings (SSSR count). The molecule has 12 heavy (non-hydrogen) atoms. The number of hydrogen-bond acceptors (Lipinski definition) is 2. The van der Waals surface area contributed by atoms with Gasteiger partial charge in [0.15, 0.2) is 0 Å². The van der Waals surface area contributed by atoms with Crippen LogP contribution >= 0.6 is 0 Å². The van der Waals surface area contributed by atoms with Gasteiger partial charge >= 0.3 is 0 Å². The van der Waals surface area contributed by atoms with Crippen molar-refractivity contribution in [2.75, 3.05) is 26.7 Å². The number of rotatable bonds is 2. The lowest BCUT2D eigenvalue weighted by Crippen LogP contribution is -2.37. The molecule has 0 aliphatic carbocycles. The van der Waals surface area contributed by atoms with Crippen molar-refractivity contribution in [1.29, 1.82) is 0 Å². The van der Waals surface area contributed by atoms with Gasteiger partial charge in [0.05, 0.1) is 6.54 Å². The summed E-state index contributed by atoms with van der Waals surface area (Å²) in [6.45, 7) is 2.40. The maximum absolute atomic E-state index is 11.4. The van der Waals surface area contributed by atoms with Crippen LogP contribution in [0.2, 0.25) is 0 Å². The van der Waals surface area contributed by atoms with E-state index in [2.05, 4.69) is 5.32 Å². The monoisotopic (exact) mass is 170 g/mol.